The molecule has 0 aliphatic rings. The highest BCUT2D eigenvalue weighted by atomic mass is 35.5. The van der Waals surface area contributed by atoms with Gasteiger partial charge < -0.3 is 19.9 Å². The van der Waals surface area contributed by atoms with Crippen LogP contribution in [0.3, 0.4) is 0 Å². The lowest BCUT2D eigenvalue weighted by atomic mass is 9.96. The van der Waals surface area contributed by atoms with Crippen LogP contribution >= 0.6 is 11.6 Å². The van der Waals surface area contributed by atoms with Gasteiger partial charge in [0.2, 0.25) is 9.84 Å². The Morgan fingerprint density at radius 1 is 0.792 bits per heavy atom. The molecule has 0 fully saturated rings. The number of aliphatic hydroxyl groups is 1. The molecule has 0 radical (unpaired) electrons. The molecule has 0 heterocycles. The second-order valence-corrected chi connectivity index (χ2v) is 13.7. The number of benzene rings is 5. The fourth-order valence-electron chi connectivity index (χ4n) is 5.38. The molecule has 248 valence electrons. The quantitative estimate of drug-likeness (QED) is 0.0852. The van der Waals surface area contributed by atoms with Crippen molar-refractivity contribution >= 4 is 27.4 Å². The molecule has 0 amide bonds. The first-order valence-electron chi connectivity index (χ1n) is 15.8. The summed E-state index contributed by atoms with van der Waals surface area (Å²) in [6, 6.07) is 36.8. The van der Waals surface area contributed by atoms with E-state index in [0.717, 1.165) is 29.5 Å². The molecule has 5 aromatic rings. The zero-order valence-electron chi connectivity index (χ0n) is 26.6. The minimum Gasteiger partial charge on any atom is -0.462 e. The first-order chi connectivity index (χ1) is 23.2. The van der Waals surface area contributed by atoms with Crippen LogP contribution in [0.1, 0.15) is 46.5 Å². The van der Waals surface area contributed by atoms with E-state index in [4.69, 9.17) is 21.1 Å². The summed E-state index contributed by atoms with van der Waals surface area (Å²) in [6.07, 6.45) is 1.42. The lowest BCUT2D eigenvalue weighted by Crippen LogP contribution is -2.37. The van der Waals surface area contributed by atoms with Gasteiger partial charge in [0.1, 0.15) is 11.5 Å². The van der Waals surface area contributed by atoms with Crippen LogP contribution in [0.5, 0.6) is 11.5 Å². The Labute approximate surface area is 287 Å². The van der Waals surface area contributed by atoms with Crippen LogP contribution in [0.2, 0.25) is 5.02 Å². The molecular weight excluding hydrogens is 646 g/mol. The van der Waals surface area contributed by atoms with Crippen LogP contribution in [-0.2, 0) is 27.4 Å². The van der Waals surface area contributed by atoms with E-state index in [2.05, 4.69) is 5.32 Å². The molecule has 1 unspecified atom stereocenters. The summed E-state index contributed by atoms with van der Waals surface area (Å²) in [5.41, 5.74) is 3.22. The lowest BCUT2D eigenvalue weighted by Gasteiger charge is -2.25. The van der Waals surface area contributed by atoms with Crippen molar-refractivity contribution in [2.24, 2.45) is 0 Å². The molecule has 9 heteroatoms. The second-order valence-electron chi connectivity index (χ2n) is 11.3. The Kier molecular flexibility index (Phi) is 12.0. The molecule has 7 nitrogen and oxygen atoms in total. The van der Waals surface area contributed by atoms with Gasteiger partial charge in [-0.1, -0.05) is 78.3 Å². The summed E-state index contributed by atoms with van der Waals surface area (Å²) >= 11 is 6.19. The van der Waals surface area contributed by atoms with Gasteiger partial charge in [0.25, 0.3) is 0 Å². The predicted octanol–water partition coefficient (Wildman–Crippen LogP) is 8.01. The van der Waals surface area contributed by atoms with E-state index >= 15 is 0 Å². The van der Waals surface area contributed by atoms with Crippen LogP contribution in [-0.4, -0.2) is 38.7 Å². The average Bonchev–Trinajstić information content (AvgIpc) is 3.10. The largest absolute Gasteiger partial charge is 0.462 e. The number of carbonyl (C=O) groups is 1. The zero-order chi connectivity index (χ0) is 33.9. The molecule has 5 rings (SSSR count). The van der Waals surface area contributed by atoms with Crippen molar-refractivity contribution in [3.05, 3.63) is 155 Å². The standard InChI is InChI=1S/C39H38ClNO6S/c1-2-46-39(43)31-14-7-16-33(26-31)47-34-17-8-18-36(27-34)48(44,45)35-21-19-28(20-22-35)12-9-23-41-37(24-29-10-4-3-5-11-29)38(42)30-13-6-15-32(40)25-30/h3-8,10-11,13-22,25-27,37-38,41-42H,2,9,12,23-24H2,1H3/t37?,38-/m1/s1. The van der Waals surface area contributed by atoms with Crippen molar-refractivity contribution in [2.75, 3.05) is 13.2 Å². The van der Waals surface area contributed by atoms with Gasteiger partial charge in [-0.15, -0.1) is 0 Å². The molecule has 0 saturated carbocycles. The Morgan fingerprint density at radius 2 is 1.50 bits per heavy atom. The van der Waals surface area contributed by atoms with E-state index in [1.165, 1.54) is 12.1 Å². The third-order valence-electron chi connectivity index (χ3n) is 7.85. The first-order valence-corrected chi connectivity index (χ1v) is 17.7. The van der Waals surface area contributed by atoms with Gasteiger partial charge in [0, 0.05) is 11.1 Å². The van der Waals surface area contributed by atoms with Crippen molar-refractivity contribution in [3.63, 3.8) is 0 Å². The zero-order valence-corrected chi connectivity index (χ0v) is 28.2. The van der Waals surface area contributed by atoms with E-state index < -0.39 is 21.9 Å². The highest BCUT2D eigenvalue weighted by molar-refractivity contribution is 7.91. The Bertz CT molecular complexity index is 1920. The number of sulfone groups is 1. The minimum absolute atomic E-state index is 0.0983. The first kappa shape index (κ1) is 34.9. The number of carbonyl (C=O) groups excluding carboxylic acids is 1. The van der Waals surface area contributed by atoms with Gasteiger partial charge in [0.15, 0.2) is 0 Å². The second kappa shape index (κ2) is 16.6. The number of rotatable bonds is 15. The lowest BCUT2D eigenvalue weighted by molar-refractivity contribution is 0.0526. The van der Waals surface area contributed by atoms with Gasteiger partial charge in [0.05, 0.1) is 28.1 Å². The van der Waals surface area contributed by atoms with Crippen molar-refractivity contribution < 1.29 is 27.8 Å². The number of halogens is 1. The van der Waals surface area contributed by atoms with Crippen molar-refractivity contribution in [1.29, 1.82) is 0 Å². The van der Waals surface area contributed by atoms with Crippen LogP contribution in [0.4, 0.5) is 0 Å². The number of hydrogen-bond acceptors (Lipinski definition) is 7. The maximum Gasteiger partial charge on any atom is 0.338 e. The monoisotopic (exact) mass is 683 g/mol. The van der Waals surface area contributed by atoms with E-state index in [9.17, 15) is 18.3 Å². The minimum atomic E-state index is -3.81. The predicted molar refractivity (Wildman–Crippen MR) is 187 cm³/mol. The molecule has 0 spiro atoms. The summed E-state index contributed by atoms with van der Waals surface area (Å²) in [6.45, 7) is 2.65. The molecule has 2 N–H and O–H groups in total. The summed E-state index contributed by atoms with van der Waals surface area (Å²) < 4.78 is 37.9. The molecule has 5 aromatic carbocycles. The summed E-state index contributed by atoms with van der Waals surface area (Å²) in [7, 11) is -3.81. The third-order valence-corrected chi connectivity index (χ3v) is 9.85. The van der Waals surface area contributed by atoms with E-state index in [1.807, 2.05) is 54.6 Å². The highest BCUT2D eigenvalue weighted by Gasteiger charge is 2.22. The van der Waals surface area contributed by atoms with Crippen LogP contribution in [0.25, 0.3) is 0 Å². The number of hydrogen-bond donors (Lipinski definition) is 2. The Balaban J connectivity index is 1.20. The van der Waals surface area contributed by atoms with Crippen LogP contribution in [0, 0.1) is 0 Å². The number of aryl methyl sites for hydroxylation is 1. The molecule has 0 bridgehead atoms. The Hall–Kier alpha value is -4.47. The number of nitrogens with one attached hydrogen (secondary N) is 1. The van der Waals surface area contributed by atoms with Crippen molar-refractivity contribution in [2.45, 2.75) is 48.1 Å². The topological polar surface area (TPSA) is 102 Å². The fourth-order valence-corrected chi connectivity index (χ4v) is 6.87. The summed E-state index contributed by atoms with van der Waals surface area (Å²) in [5, 5.41) is 15.3. The number of aliphatic hydroxyl groups excluding tert-OH is 1. The van der Waals surface area contributed by atoms with Crippen molar-refractivity contribution in [3.8, 4) is 11.5 Å². The maximum atomic E-state index is 13.5. The molecule has 0 aliphatic carbocycles. The van der Waals surface area contributed by atoms with Gasteiger partial charge in [-0.05, 0) is 110 Å². The molecule has 2 atom stereocenters. The highest BCUT2D eigenvalue weighted by Crippen LogP contribution is 2.29. The Morgan fingerprint density at radius 3 is 2.23 bits per heavy atom. The van der Waals surface area contributed by atoms with Crippen LogP contribution in [0.15, 0.2) is 137 Å². The number of ether oxygens (including phenoxy) is 2. The van der Waals surface area contributed by atoms with E-state index in [0.29, 0.717) is 35.1 Å². The van der Waals surface area contributed by atoms with E-state index in [1.54, 1.807) is 67.6 Å². The van der Waals surface area contributed by atoms with E-state index in [-0.39, 0.29) is 22.4 Å². The molecule has 0 aliphatic heterocycles. The molecule has 0 saturated heterocycles. The van der Waals surface area contributed by atoms with Gasteiger partial charge in [-0.3, -0.25) is 0 Å². The maximum absolute atomic E-state index is 13.5. The smallest absolute Gasteiger partial charge is 0.338 e. The van der Waals surface area contributed by atoms with Gasteiger partial charge >= 0.3 is 5.97 Å². The molecular formula is C39H38ClNO6S. The van der Waals surface area contributed by atoms with Gasteiger partial charge in [-0.2, -0.15) is 0 Å². The molecule has 0 aromatic heterocycles. The SMILES string of the molecule is CCOC(=O)c1cccc(Oc2cccc(S(=O)(=O)c3ccc(CCCNC(Cc4ccccc4)[C@H](O)c4cccc(Cl)c4)cc3)c2)c1. The molecule has 48 heavy (non-hydrogen) atoms. The number of esters is 1. The van der Waals surface area contributed by atoms with Gasteiger partial charge in [-0.25, -0.2) is 13.2 Å². The average molecular weight is 684 g/mol. The summed E-state index contributed by atoms with van der Waals surface area (Å²) in [5.74, 6) is 0.255. The normalized spacial score (nSPS) is 12.6. The fraction of sp³-hybridized carbons (Fsp3) is 0.205. The summed E-state index contributed by atoms with van der Waals surface area (Å²) in [4.78, 5) is 12.4. The van der Waals surface area contributed by atoms with Crippen LogP contribution < -0.4 is 10.1 Å². The third kappa shape index (κ3) is 9.33. The van der Waals surface area contributed by atoms with Crippen molar-refractivity contribution in [1.82, 2.24) is 5.32 Å².